The lowest BCUT2D eigenvalue weighted by molar-refractivity contribution is -0.136. The first-order valence-corrected chi connectivity index (χ1v) is 8.12. The molecule has 1 aromatic rings. The molecule has 1 unspecified atom stereocenters. The minimum Gasteiger partial charge on any atom is -0.493 e. The fourth-order valence-corrected chi connectivity index (χ4v) is 3.18. The van der Waals surface area contributed by atoms with Gasteiger partial charge in [0.05, 0.1) is 25.3 Å². The molecule has 0 radical (unpaired) electrons. The van der Waals surface area contributed by atoms with Crippen molar-refractivity contribution in [1.29, 1.82) is 0 Å². The Hall–Kier alpha value is -2.57. The Kier molecular flexibility index (Phi) is 4.42. The van der Waals surface area contributed by atoms with Crippen LogP contribution >= 0.6 is 0 Å². The molecule has 1 aromatic carbocycles. The minimum atomic E-state index is -0.647. The molecule has 2 aliphatic rings. The van der Waals surface area contributed by atoms with Gasteiger partial charge in [-0.2, -0.15) is 0 Å². The van der Waals surface area contributed by atoms with E-state index in [4.69, 9.17) is 9.47 Å². The van der Waals surface area contributed by atoms with E-state index >= 15 is 0 Å². The van der Waals surface area contributed by atoms with Crippen molar-refractivity contribution in [3.63, 3.8) is 0 Å². The number of amides is 3. The number of rotatable bonds is 5. The second-order valence-electron chi connectivity index (χ2n) is 5.68. The van der Waals surface area contributed by atoms with Crippen LogP contribution in [0.15, 0.2) is 12.1 Å². The Labute approximate surface area is 139 Å². The van der Waals surface area contributed by atoms with Crippen molar-refractivity contribution in [3.8, 4) is 11.5 Å². The Bertz CT molecular complexity index is 700. The zero-order valence-corrected chi connectivity index (χ0v) is 13.8. The van der Waals surface area contributed by atoms with Gasteiger partial charge in [0.25, 0.3) is 5.91 Å². The number of piperidine rings is 1. The van der Waals surface area contributed by atoms with Crippen LogP contribution in [0.25, 0.3) is 0 Å². The molecule has 0 aromatic heterocycles. The first kappa shape index (κ1) is 16.3. The molecule has 3 rings (SSSR count). The Morgan fingerprint density at radius 1 is 1.12 bits per heavy atom. The Balaban J connectivity index is 1.96. The minimum absolute atomic E-state index is 0.229. The lowest BCUT2D eigenvalue weighted by Crippen LogP contribution is -2.52. The molecule has 1 fully saturated rings. The van der Waals surface area contributed by atoms with Gasteiger partial charge in [-0.15, -0.1) is 0 Å². The van der Waals surface area contributed by atoms with Crippen LogP contribution in [0.5, 0.6) is 11.5 Å². The second kappa shape index (κ2) is 6.51. The summed E-state index contributed by atoms with van der Waals surface area (Å²) in [6.45, 7) is 4.91. The molecule has 7 nitrogen and oxygen atoms in total. The summed E-state index contributed by atoms with van der Waals surface area (Å²) in [4.78, 5) is 37.9. The van der Waals surface area contributed by atoms with E-state index in [1.54, 1.807) is 12.1 Å². The summed E-state index contributed by atoms with van der Waals surface area (Å²) in [6.07, 6.45) is 0.561. The Morgan fingerprint density at radius 2 is 1.79 bits per heavy atom. The fraction of sp³-hybridized carbons (Fsp3) is 0.471. The molecular formula is C17H20N2O5. The van der Waals surface area contributed by atoms with E-state index in [0.717, 1.165) is 5.56 Å². The molecule has 1 saturated heterocycles. The van der Waals surface area contributed by atoms with E-state index in [2.05, 4.69) is 5.32 Å². The number of ether oxygens (including phenoxy) is 2. The van der Waals surface area contributed by atoms with Gasteiger partial charge in [0, 0.05) is 12.0 Å². The quantitative estimate of drug-likeness (QED) is 0.820. The summed E-state index contributed by atoms with van der Waals surface area (Å²) in [5.74, 6) is 0.132. The second-order valence-corrected chi connectivity index (χ2v) is 5.68. The van der Waals surface area contributed by atoms with Gasteiger partial charge in [-0.1, -0.05) is 0 Å². The smallest absolute Gasteiger partial charge is 0.259 e. The molecule has 2 heterocycles. The largest absolute Gasteiger partial charge is 0.493 e. The van der Waals surface area contributed by atoms with Crippen LogP contribution in [-0.4, -0.2) is 41.9 Å². The topological polar surface area (TPSA) is 84.9 Å². The zero-order valence-electron chi connectivity index (χ0n) is 13.8. The molecule has 0 aliphatic carbocycles. The maximum absolute atomic E-state index is 12.9. The third kappa shape index (κ3) is 2.70. The average Bonchev–Trinajstić information content (AvgIpc) is 2.88. The van der Waals surface area contributed by atoms with Crippen molar-refractivity contribution in [1.82, 2.24) is 10.2 Å². The molecule has 0 bridgehead atoms. The number of hydrogen-bond donors (Lipinski definition) is 1. The third-order valence-electron chi connectivity index (χ3n) is 4.22. The van der Waals surface area contributed by atoms with E-state index in [-0.39, 0.29) is 24.8 Å². The molecule has 1 atom stereocenters. The number of benzene rings is 1. The molecule has 1 N–H and O–H groups in total. The highest BCUT2D eigenvalue weighted by molar-refractivity contribution is 6.06. The molecule has 0 saturated carbocycles. The molecule has 128 valence electrons. The predicted octanol–water partition coefficient (Wildman–Crippen LogP) is 1.24. The number of nitrogens with zero attached hydrogens (tertiary/aromatic N) is 1. The zero-order chi connectivity index (χ0) is 17.3. The van der Waals surface area contributed by atoms with E-state index in [1.165, 1.54) is 4.90 Å². The van der Waals surface area contributed by atoms with Crippen LogP contribution in [0.4, 0.5) is 0 Å². The molecular weight excluding hydrogens is 312 g/mol. The normalized spacial score (nSPS) is 20.0. The SMILES string of the molecule is CCOc1ccc(OCC)c2c1CN(C1CCC(=O)NC1=O)C2=O. The first-order valence-electron chi connectivity index (χ1n) is 8.12. The van der Waals surface area contributed by atoms with Crippen molar-refractivity contribution in [3.05, 3.63) is 23.3 Å². The van der Waals surface area contributed by atoms with Gasteiger partial charge < -0.3 is 14.4 Å². The van der Waals surface area contributed by atoms with Crippen LogP contribution in [0.1, 0.15) is 42.6 Å². The molecule has 24 heavy (non-hydrogen) atoms. The van der Waals surface area contributed by atoms with Crippen molar-refractivity contribution in [2.24, 2.45) is 0 Å². The molecule has 3 amide bonds. The van der Waals surface area contributed by atoms with Gasteiger partial charge >= 0.3 is 0 Å². The van der Waals surface area contributed by atoms with Gasteiger partial charge in [-0.25, -0.2) is 0 Å². The van der Waals surface area contributed by atoms with Crippen LogP contribution in [0, 0.1) is 0 Å². The summed E-state index contributed by atoms with van der Waals surface area (Å²) in [6, 6.07) is 2.86. The fourth-order valence-electron chi connectivity index (χ4n) is 3.18. The maximum Gasteiger partial charge on any atom is 0.259 e. The van der Waals surface area contributed by atoms with Gasteiger partial charge in [-0.3, -0.25) is 19.7 Å². The van der Waals surface area contributed by atoms with Crippen LogP contribution in [0.2, 0.25) is 0 Å². The monoisotopic (exact) mass is 332 g/mol. The summed E-state index contributed by atoms with van der Waals surface area (Å²) in [5, 5.41) is 2.30. The van der Waals surface area contributed by atoms with Crippen LogP contribution in [0.3, 0.4) is 0 Å². The van der Waals surface area contributed by atoms with Crippen molar-refractivity contribution < 1.29 is 23.9 Å². The highest BCUT2D eigenvalue weighted by atomic mass is 16.5. The van der Waals surface area contributed by atoms with Crippen molar-refractivity contribution in [2.75, 3.05) is 13.2 Å². The third-order valence-corrected chi connectivity index (χ3v) is 4.22. The number of fused-ring (bicyclic) bond motifs is 1. The first-order chi connectivity index (χ1) is 11.6. The summed E-state index contributed by atoms with van der Waals surface area (Å²) >= 11 is 0. The molecule has 2 aliphatic heterocycles. The lowest BCUT2D eigenvalue weighted by atomic mass is 10.0. The van der Waals surface area contributed by atoms with Crippen LogP contribution in [-0.2, 0) is 16.1 Å². The predicted molar refractivity (Wildman–Crippen MR) is 84.8 cm³/mol. The van der Waals surface area contributed by atoms with Gasteiger partial charge in [0.15, 0.2) is 0 Å². The van der Waals surface area contributed by atoms with E-state index in [9.17, 15) is 14.4 Å². The summed E-state index contributed by atoms with van der Waals surface area (Å²) < 4.78 is 11.2. The summed E-state index contributed by atoms with van der Waals surface area (Å²) in [5.41, 5.74) is 1.19. The maximum atomic E-state index is 12.9. The number of carbonyl (C=O) groups is 3. The van der Waals surface area contributed by atoms with Gasteiger partial charge in [-0.05, 0) is 32.4 Å². The van der Waals surface area contributed by atoms with Crippen molar-refractivity contribution in [2.45, 2.75) is 39.3 Å². The highest BCUT2D eigenvalue weighted by Gasteiger charge is 2.41. The van der Waals surface area contributed by atoms with Gasteiger partial charge in [0.2, 0.25) is 11.8 Å². The molecule has 0 spiro atoms. The molecule has 7 heteroatoms. The van der Waals surface area contributed by atoms with Crippen LogP contribution < -0.4 is 14.8 Å². The van der Waals surface area contributed by atoms with E-state index in [1.807, 2.05) is 13.8 Å². The van der Waals surface area contributed by atoms with E-state index < -0.39 is 11.9 Å². The highest BCUT2D eigenvalue weighted by Crippen LogP contribution is 2.39. The lowest BCUT2D eigenvalue weighted by Gasteiger charge is -2.29. The average molecular weight is 332 g/mol. The van der Waals surface area contributed by atoms with E-state index in [0.29, 0.717) is 36.7 Å². The number of imide groups is 1. The standard InChI is InChI=1S/C17H20N2O5/c1-3-23-12-6-7-13(24-4-2)15-10(12)9-19(17(15)22)11-5-8-14(20)18-16(11)21/h6-7,11H,3-5,8-9H2,1-2H3,(H,18,20,21). The number of nitrogens with one attached hydrogen (secondary N) is 1. The summed E-state index contributed by atoms with van der Waals surface area (Å²) in [7, 11) is 0. The Morgan fingerprint density at radius 3 is 2.46 bits per heavy atom. The van der Waals surface area contributed by atoms with Gasteiger partial charge in [0.1, 0.15) is 17.5 Å². The number of hydrogen-bond acceptors (Lipinski definition) is 5. The number of carbonyl (C=O) groups excluding carboxylic acids is 3. The van der Waals surface area contributed by atoms with Crippen molar-refractivity contribution >= 4 is 17.7 Å².